The van der Waals surface area contributed by atoms with Crippen LogP contribution >= 0.6 is 23.2 Å². The van der Waals surface area contributed by atoms with E-state index < -0.39 is 5.82 Å². The van der Waals surface area contributed by atoms with Gasteiger partial charge in [0, 0.05) is 35.8 Å². The standard InChI is InChI=1S/C25H23Cl2FN2O4/c1-2-33-25(32)15-7-9-30(10-8-15)23(31)14-34-17-4-6-18-20(12-17)24(27)29-13-21(18)19-5-3-16(28)11-22(19)26/h3-6,11-13,15H,2,7-10,14H2,1H3. The van der Waals surface area contributed by atoms with Crippen LogP contribution in [-0.2, 0) is 14.3 Å². The van der Waals surface area contributed by atoms with Crippen molar-refractivity contribution in [2.45, 2.75) is 19.8 Å². The molecular formula is C25H23Cl2FN2O4. The fourth-order valence-electron chi connectivity index (χ4n) is 4.06. The van der Waals surface area contributed by atoms with E-state index in [1.54, 1.807) is 36.2 Å². The summed E-state index contributed by atoms with van der Waals surface area (Å²) in [4.78, 5) is 30.4. The van der Waals surface area contributed by atoms with E-state index in [0.717, 1.165) is 5.39 Å². The number of piperidine rings is 1. The van der Waals surface area contributed by atoms with Crippen LogP contribution in [0.3, 0.4) is 0 Å². The van der Waals surface area contributed by atoms with Gasteiger partial charge in [-0.05, 0) is 61.5 Å². The molecule has 0 spiro atoms. The zero-order chi connectivity index (χ0) is 24.2. The summed E-state index contributed by atoms with van der Waals surface area (Å²) in [5.74, 6) is -0.477. The Bertz CT molecular complexity index is 1230. The maximum atomic E-state index is 13.5. The summed E-state index contributed by atoms with van der Waals surface area (Å²) in [6.45, 7) is 2.98. The molecule has 1 fully saturated rings. The largest absolute Gasteiger partial charge is 0.484 e. The molecule has 0 aliphatic carbocycles. The van der Waals surface area contributed by atoms with Crippen molar-refractivity contribution < 1.29 is 23.5 Å². The van der Waals surface area contributed by atoms with Crippen molar-refractivity contribution in [3.8, 4) is 16.9 Å². The normalized spacial score (nSPS) is 14.3. The van der Waals surface area contributed by atoms with Crippen molar-refractivity contribution in [3.05, 3.63) is 58.6 Å². The number of esters is 1. The molecule has 1 aromatic heterocycles. The Hall–Kier alpha value is -2.90. The molecule has 34 heavy (non-hydrogen) atoms. The summed E-state index contributed by atoms with van der Waals surface area (Å²) < 4.78 is 24.3. The topological polar surface area (TPSA) is 68.7 Å². The lowest BCUT2D eigenvalue weighted by Crippen LogP contribution is -2.42. The number of amides is 1. The SMILES string of the molecule is CCOC(=O)C1CCN(C(=O)COc2ccc3c(-c4ccc(F)cc4Cl)cnc(Cl)c3c2)CC1. The highest BCUT2D eigenvalue weighted by Crippen LogP contribution is 2.37. The average Bonchev–Trinajstić information content (AvgIpc) is 2.84. The number of halogens is 3. The summed E-state index contributed by atoms with van der Waals surface area (Å²) >= 11 is 12.6. The smallest absolute Gasteiger partial charge is 0.309 e. The van der Waals surface area contributed by atoms with Crippen LogP contribution in [0.2, 0.25) is 10.2 Å². The Balaban J connectivity index is 1.45. The van der Waals surface area contributed by atoms with Gasteiger partial charge in [-0.25, -0.2) is 9.37 Å². The van der Waals surface area contributed by atoms with Crippen molar-refractivity contribution in [1.82, 2.24) is 9.88 Å². The van der Waals surface area contributed by atoms with E-state index in [0.29, 0.717) is 54.8 Å². The Morgan fingerprint density at radius 2 is 1.85 bits per heavy atom. The van der Waals surface area contributed by atoms with E-state index in [1.165, 1.54) is 12.1 Å². The van der Waals surface area contributed by atoms with Crippen LogP contribution in [0, 0.1) is 11.7 Å². The predicted molar refractivity (Wildman–Crippen MR) is 129 cm³/mol. The fraction of sp³-hybridized carbons (Fsp3) is 0.320. The maximum Gasteiger partial charge on any atom is 0.309 e. The third-order valence-corrected chi connectivity index (χ3v) is 6.48. The molecule has 1 saturated heterocycles. The second-order valence-corrected chi connectivity index (χ2v) is 8.76. The lowest BCUT2D eigenvalue weighted by atomic mass is 9.97. The molecule has 0 radical (unpaired) electrons. The molecule has 9 heteroatoms. The first kappa shape index (κ1) is 24.2. The number of carbonyl (C=O) groups is 2. The number of aromatic nitrogens is 1. The minimum atomic E-state index is -0.426. The first-order chi connectivity index (χ1) is 16.4. The third kappa shape index (κ3) is 5.26. The fourth-order valence-corrected chi connectivity index (χ4v) is 4.54. The number of fused-ring (bicyclic) bond motifs is 1. The number of nitrogens with zero attached hydrogens (tertiary/aromatic N) is 2. The van der Waals surface area contributed by atoms with Crippen LogP contribution in [0.25, 0.3) is 21.9 Å². The van der Waals surface area contributed by atoms with Crippen molar-refractivity contribution in [2.75, 3.05) is 26.3 Å². The predicted octanol–water partition coefficient (Wildman–Crippen LogP) is 5.53. The number of carbonyl (C=O) groups excluding carboxylic acids is 2. The van der Waals surface area contributed by atoms with E-state index in [1.807, 2.05) is 6.07 Å². The number of likely N-dealkylation sites (tertiary alicyclic amines) is 1. The summed E-state index contributed by atoms with van der Waals surface area (Å²) in [5, 5.41) is 1.94. The molecular weight excluding hydrogens is 482 g/mol. The number of benzene rings is 2. The second kappa shape index (κ2) is 10.6. The summed E-state index contributed by atoms with van der Waals surface area (Å²) in [7, 11) is 0. The molecule has 0 atom stereocenters. The molecule has 0 N–H and O–H groups in total. The highest BCUT2D eigenvalue weighted by atomic mass is 35.5. The highest BCUT2D eigenvalue weighted by molar-refractivity contribution is 6.36. The van der Waals surface area contributed by atoms with Gasteiger partial charge in [0.15, 0.2) is 6.61 Å². The van der Waals surface area contributed by atoms with E-state index >= 15 is 0 Å². The lowest BCUT2D eigenvalue weighted by Gasteiger charge is -2.30. The molecule has 2 heterocycles. The monoisotopic (exact) mass is 504 g/mol. The Kier molecular flexibility index (Phi) is 7.54. The molecule has 1 aliphatic heterocycles. The molecule has 1 aliphatic rings. The molecule has 3 aromatic rings. The highest BCUT2D eigenvalue weighted by Gasteiger charge is 2.28. The van der Waals surface area contributed by atoms with E-state index in [-0.39, 0.29) is 34.6 Å². The lowest BCUT2D eigenvalue weighted by molar-refractivity contribution is -0.151. The van der Waals surface area contributed by atoms with Gasteiger partial charge in [-0.2, -0.15) is 0 Å². The summed E-state index contributed by atoms with van der Waals surface area (Å²) in [6.07, 6.45) is 2.75. The molecule has 1 amide bonds. The molecule has 4 rings (SSSR count). The van der Waals surface area contributed by atoms with Crippen molar-refractivity contribution in [1.29, 1.82) is 0 Å². The Morgan fingerprint density at radius 3 is 2.56 bits per heavy atom. The minimum Gasteiger partial charge on any atom is -0.484 e. The van der Waals surface area contributed by atoms with Crippen LogP contribution in [0.15, 0.2) is 42.6 Å². The number of pyridine rings is 1. The van der Waals surface area contributed by atoms with E-state index in [9.17, 15) is 14.0 Å². The zero-order valence-corrected chi connectivity index (χ0v) is 20.0. The van der Waals surface area contributed by atoms with Gasteiger partial charge in [0.1, 0.15) is 16.7 Å². The number of hydrogen-bond acceptors (Lipinski definition) is 5. The van der Waals surface area contributed by atoms with Gasteiger partial charge in [-0.1, -0.05) is 23.2 Å². The first-order valence-corrected chi connectivity index (χ1v) is 11.7. The summed E-state index contributed by atoms with van der Waals surface area (Å²) in [5.41, 5.74) is 1.34. The van der Waals surface area contributed by atoms with Crippen molar-refractivity contribution in [3.63, 3.8) is 0 Å². The van der Waals surface area contributed by atoms with Gasteiger partial charge < -0.3 is 14.4 Å². The number of hydrogen-bond donors (Lipinski definition) is 0. The number of rotatable bonds is 6. The Labute approximate surface area is 206 Å². The van der Waals surface area contributed by atoms with Crippen molar-refractivity contribution in [2.24, 2.45) is 5.92 Å². The van der Waals surface area contributed by atoms with Crippen LogP contribution in [-0.4, -0.2) is 48.1 Å². The van der Waals surface area contributed by atoms with Gasteiger partial charge >= 0.3 is 5.97 Å². The molecule has 0 saturated carbocycles. The van der Waals surface area contributed by atoms with Crippen LogP contribution < -0.4 is 4.74 Å². The zero-order valence-electron chi connectivity index (χ0n) is 18.5. The first-order valence-electron chi connectivity index (χ1n) is 11.0. The van der Waals surface area contributed by atoms with Crippen LogP contribution in [0.4, 0.5) is 4.39 Å². The molecule has 0 bridgehead atoms. The maximum absolute atomic E-state index is 13.5. The molecule has 0 unspecified atom stereocenters. The van der Waals surface area contributed by atoms with Crippen LogP contribution in [0.1, 0.15) is 19.8 Å². The van der Waals surface area contributed by atoms with E-state index in [2.05, 4.69) is 4.98 Å². The Morgan fingerprint density at radius 1 is 1.09 bits per heavy atom. The van der Waals surface area contributed by atoms with E-state index in [4.69, 9.17) is 32.7 Å². The van der Waals surface area contributed by atoms with Gasteiger partial charge in [0.05, 0.1) is 17.5 Å². The second-order valence-electron chi connectivity index (χ2n) is 7.99. The van der Waals surface area contributed by atoms with Gasteiger partial charge in [-0.3, -0.25) is 9.59 Å². The quantitative estimate of drug-likeness (QED) is 0.326. The average molecular weight is 505 g/mol. The van der Waals surface area contributed by atoms with Crippen molar-refractivity contribution >= 4 is 45.9 Å². The molecule has 2 aromatic carbocycles. The molecule has 6 nitrogen and oxygen atoms in total. The third-order valence-electron chi connectivity index (χ3n) is 5.86. The minimum absolute atomic E-state index is 0.135. The van der Waals surface area contributed by atoms with Crippen LogP contribution in [0.5, 0.6) is 5.75 Å². The number of ether oxygens (including phenoxy) is 2. The van der Waals surface area contributed by atoms with Gasteiger partial charge in [0.25, 0.3) is 5.91 Å². The van der Waals surface area contributed by atoms with Gasteiger partial charge in [0.2, 0.25) is 0 Å². The summed E-state index contributed by atoms with van der Waals surface area (Å²) in [6, 6.07) is 9.43. The van der Waals surface area contributed by atoms with Gasteiger partial charge in [-0.15, -0.1) is 0 Å². The molecule has 178 valence electrons.